The third-order valence-corrected chi connectivity index (χ3v) is 3.62. The molecule has 4 N–H and O–H groups in total. The van der Waals surface area contributed by atoms with Crippen molar-refractivity contribution in [3.05, 3.63) is 17.9 Å². The van der Waals surface area contributed by atoms with Crippen molar-refractivity contribution in [3.63, 3.8) is 0 Å². The Labute approximate surface area is 117 Å². The predicted octanol–water partition coefficient (Wildman–Crippen LogP) is 1.51. The number of rotatable bonds is 4. The van der Waals surface area contributed by atoms with Crippen LogP contribution in [0.3, 0.4) is 0 Å². The molecule has 2 rings (SSSR count). The van der Waals surface area contributed by atoms with Gasteiger partial charge in [0.1, 0.15) is 0 Å². The summed E-state index contributed by atoms with van der Waals surface area (Å²) in [6, 6.07) is 2.90. The molecule has 20 heavy (non-hydrogen) atoms. The lowest BCUT2D eigenvalue weighted by molar-refractivity contribution is -0.122. The minimum absolute atomic E-state index is 0.0840. The van der Waals surface area contributed by atoms with Crippen LogP contribution in [0.4, 0.5) is 15.8 Å². The van der Waals surface area contributed by atoms with Crippen LogP contribution in [-0.4, -0.2) is 25.6 Å². The van der Waals surface area contributed by atoms with Crippen molar-refractivity contribution in [2.75, 3.05) is 30.3 Å². The molecule has 1 aromatic rings. The van der Waals surface area contributed by atoms with Gasteiger partial charge in [-0.25, -0.2) is 4.39 Å². The van der Waals surface area contributed by atoms with E-state index in [1.807, 2.05) is 4.90 Å². The summed E-state index contributed by atoms with van der Waals surface area (Å²) < 4.78 is 18.9. The van der Waals surface area contributed by atoms with E-state index < -0.39 is 5.82 Å². The maximum atomic E-state index is 13.7. The molecule has 1 fully saturated rings. The molecule has 6 heteroatoms. The highest BCUT2D eigenvalue weighted by molar-refractivity contribution is 5.77. The molecule has 0 spiro atoms. The summed E-state index contributed by atoms with van der Waals surface area (Å²) in [5.74, 6) is -0.597. The quantitative estimate of drug-likeness (QED) is 0.820. The summed E-state index contributed by atoms with van der Waals surface area (Å²) >= 11 is 0. The van der Waals surface area contributed by atoms with E-state index in [1.165, 1.54) is 6.07 Å². The molecule has 110 valence electrons. The summed E-state index contributed by atoms with van der Waals surface area (Å²) in [7, 11) is 0. The Balaban J connectivity index is 2.17. The van der Waals surface area contributed by atoms with Crippen molar-refractivity contribution in [3.8, 4) is 5.75 Å². The van der Waals surface area contributed by atoms with Crippen LogP contribution in [-0.2, 0) is 4.79 Å². The Morgan fingerprint density at radius 1 is 1.45 bits per heavy atom. The second kappa shape index (κ2) is 5.98. The number of nitrogen functional groups attached to an aromatic ring is 1. The number of ether oxygens (including phenoxy) is 1. The number of hydrogen-bond donors (Lipinski definition) is 2. The summed E-state index contributed by atoms with van der Waals surface area (Å²) in [5, 5.41) is 0. The zero-order valence-electron chi connectivity index (χ0n) is 11.6. The van der Waals surface area contributed by atoms with Gasteiger partial charge in [0.15, 0.2) is 11.6 Å². The molecule has 0 unspecified atom stereocenters. The lowest BCUT2D eigenvalue weighted by Gasteiger charge is -2.33. The van der Waals surface area contributed by atoms with Crippen molar-refractivity contribution in [1.29, 1.82) is 0 Å². The average molecular weight is 281 g/mol. The van der Waals surface area contributed by atoms with E-state index in [4.69, 9.17) is 16.2 Å². The van der Waals surface area contributed by atoms with Crippen LogP contribution in [0.25, 0.3) is 0 Å². The fourth-order valence-corrected chi connectivity index (χ4v) is 2.50. The number of anilines is 2. The molecule has 1 aromatic carbocycles. The number of nitrogens with zero attached hydrogens (tertiary/aromatic N) is 1. The molecule has 0 saturated carbocycles. The van der Waals surface area contributed by atoms with Gasteiger partial charge in [0, 0.05) is 31.1 Å². The maximum absolute atomic E-state index is 13.7. The molecule has 1 aliphatic rings. The lowest BCUT2D eigenvalue weighted by atomic mass is 9.96. The molecular formula is C14H20FN3O2. The van der Waals surface area contributed by atoms with Gasteiger partial charge in [-0.05, 0) is 19.8 Å². The molecule has 1 aliphatic heterocycles. The van der Waals surface area contributed by atoms with E-state index in [0.29, 0.717) is 38.2 Å². The SMILES string of the molecule is CCOc1cc(N2CCC(C(N)=O)CC2)c(N)cc1F. The highest BCUT2D eigenvalue weighted by atomic mass is 19.1. The fourth-order valence-electron chi connectivity index (χ4n) is 2.50. The number of amides is 1. The monoisotopic (exact) mass is 281 g/mol. The Hall–Kier alpha value is -1.98. The molecule has 5 nitrogen and oxygen atoms in total. The molecule has 0 aliphatic carbocycles. The first-order chi connectivity index (χ1) is 9.52. The third kappa shape index (κ3) is 2.95. The van der Waals surface area contributed by atoms with Crippen molar-refractivity contribution in [2.45, 2.75) is 19.8 Å². The van der Waals surface area contributed by atoms with Crippen LogP contribution in [0, 0.1) is 11.7 Å². The van der Waals surface area contributed by atoms with Gasteiger partial charge in [-0.1, -0.05) is 0 Å². The summed E-state index contributed by atoms with van der Waals surface area (Å²) in [4.78, 5) is 13.2. The maximum Gasteiger partial charge on any atom is 0.220 e. The number of nitrogens with two attached hydrogens (primary N) is 2. The molecule has 0 atom stereocenters. The largest absolute Gasteiger partial charge is 0.491 e. The van der Waals surface area contributed by atoms with Crippen molar-refractivity contribution < 1.29 is 13.9 Å². The van der Waals surface area contributed by atoms with Gasteiger partial charge in [-0.15, -0.1) is 0 Å². The highest BCUT2D eigenvalue weighted by Gasteiger charge is 2.25. The highest BCUT2D eigenvalue weighted by Crippen LogP contribution is 2.33. The van der Waals surface area contributed by atoms with E-state index in [1.54, 1.807) is 13.0 Å². The van der Waals surface area contributed by atoms with Crippen LogP contribution in [0.1, 0.15) is 19.8 Å². The molecule has 0 aromatic heterocycles. The summed E-state index contributed by atoms with van der Waals surface area (Å²) in [6.07, 6.45) is 1.38. The predicted molar refractivity (Wildman–Crippen MR) is 76.1 cm³/mol. The number of carbonyl (C=O) groups excluding carboxylic acids is 1. The van der Waals surface area contributed by atoms with Crippen molar-refractivity contribution >= 4 is 17.3 Å². The molecule has 1 saturated heterocycles. The third-order valence-electron chi connectivity index (χ3n) is 3.62. The number of piperidine rings is 1. The minimum Gasteiger partial charge on any atom is -0.491 e. The van der Waals surface area contributed by atoms with Crippen LogP contribution in [0.15, 0.2) is 12.1 Å². The summed E-state index contributed by atoms with van der Waals surface area (Å²) in [6.45, 7) is 3.54. The van der Waals surface area contributed by atoms with Gasteiger partial charge in [0.25, 0.3) is 0 Å². The molecular weight excluding hydrogens is 261 g/mol. The van der Waals surface area contributed by atoms with Gasteiger partial charge in [0.2, 0.25) is 5.91 Å². The Morgan fingerprint density at radius 2 is 2.10 bits per heavy atom. The van der Waals surface area contributed by atoms with Gasteiger partial charge < -0.3 is 21.1 Å². The smallest absolute Gasteiger partial charge is 0.220 e. The van der Waals surface area contributed by atoms with Crippen LogP contribution in [0.5, 0.6) is 5.75 Å². The van der Waals surface area contributed by atoms with Crippen LogP contribution < -0.4 is 21.1 Å². The van der Waals surface area contributed by atoms with Crippen molar-refractivity contribution in [2.24, 2.45) is 11.7 Å². The first kappa shape index (κ1) is 14.4. The van der Waals surface area contributed by atoms with E-state index >= 15 is 0 Å². The van der Waals surface area contributed by atoms with E-state index in [2.05, 4.69) is 0 Å². The lowest BCUT2D eigenvalue weighted by Crippen LogP contribution is -2.38. The molecule has 0 radical (unpaired) electrons. The number of carbonyl (C=O) groups is 1. The molecule has 1 heterocycles. The first-order valence-corrected chi connectivity index (χ1v) is 6.79. The second-order valence-corrected chi connectivity index (χ2v) is 4.94. The van der Waals surface area contributed by atoms with Gasteiger partial charge >= 0.3 is 0 Å². The zero-order valence-corrected chi connectivity index (χ0v) is 11.6. The number of hydrogen-bond acceptors (Lipinski definition) is 4. The van der Waals surface area contributed by atoms with Gasteiger partial charge in [-0.3, -0.25) is 4.79 Å². The Bertz CT molecular complexity index is 499. The summed E-state index contributed by atoms with van der Waals surface area (Å²) in [5.41, 5.74) is 12.3. The first-order valence-electron chi connectivity index (χ1n) is 6.79. The van der Waals surface area contributed by atoms with Crippen LogP contribution >= 0.6 is 0 Å². The Morgan fingerprint density at radius 3 is 2.65 bits per heavy atom. The van der Waals surface area contributed by atoms with E-state index in [-0.39, 0.29) is 17.6 Å². The average Bonchev–Trinajstić information content (AvgIpc) is 2.42. The van der Waals surface area contributed by atoms with Crippen LogP contribution in [0.2, 0.25) is 0 Å². The number of primary amides is 1. The van der Waals surface area contributed by atoms with E-state index in [0.717, 1.165) is 5.69 Å². The topological polar surface area (TPSA) is 81.6 Å². The molecule has 1 amide bonds. The zero-order chi connectivity index (χ0) is 14.7. The van der Waals surface area contributed by atoms with E-state index in [9.17, 15) is 9.18 Å². The van der Waals surface area contributed by atoms with Gasteiger partial charge in [0.05, 0.1) is 18.0 Å². The fraction of sp³-hybridized carbons (Fsp3) is 0.500. The van der Waals surface area contributed by atoms with Crippen molar-refractivity contribution in [1.82, 2.24) is 0 Å². The normalized spacial score (nSPS) is 16.2. The number of benzene rings is 1. The standard InChI is InChI=1S/C14H20FN3O2/c1-2-20-13-8-12(11(16)7-10(13)15)18-5-3-9(4-6-18)14(17)19/h7-9H,2-6,16H2,1H3,(H2,17,19). The van der Waals surface area contributed by atoms with Gasteiger partial charge in [-0.2, -0.15) is 0 Å². The Kier molecular flexibility index (Phi) is 4.32. The molecule has 0 bridgehead atoms. The number of halogens is 1. The second-order valence-electron chi connectivity index (χ2n) is 4.94. The minimum atomic E-state index is -0.458.